The Morgan fingerprint density at radius 3 is 2.74 bits per heavy atom. The van der Waals surface area contributed by atoms with Crippen LogP contribution in [0.3, 0.4) is 0 Å². The standard InChI is InChI=1S/C16H11Cl2NO3S/c17-11-3-1-8(6-12(11)18)5-9-2-4-13-10(15(20)19-9)7-14(23-13)16(21)22/h1-3,6-7H,4-5H2,(H,19,20)(H,21,22). The van der Waals surface area contributed by atoms with Crippen LogP contribution in [-0.4, -0.2) is 17.0 Å². The van der Waals surface area contributed by atoms with Crippen molar-refractivity contribution in [2.24, 2.45) is 0 Å². The molecule has 7 heteroatoms. The van der Waals surface area contributed by atoms with Crippen LogP contribution in [0.5, 0.6) is 0 Å². The molecule has 1 aliphatic heterocycles. The Kier molecular flexibility index (Phi) is 4.43. The molecule has 0 radical (unpaired) electrons. The maximum Gasteiger partial charge on any atom is 0.345 e. The Morgan fingerprint density at radius 2 is 2.04 bits per heavy atom. The first-order chi connectivity index (χ1) is 10.9. The predicted molar refractivity (Wildman–Crippen MR) is 90.7 cm³/mol. The van der Waals surface area contributed by atoms with Crippen LogP contribution in [0, 0.1) is 0 Å². The van der Waals surface area contributed by atoms with Crippen molar-refractivity contribution in [3.05, 3.63) is 67.0 Å². The van der Waals surface area contributed by atoms with E-state index in [1.54, 1.807) is 12.1 Å². The largest absolute Gasteiger partial charge is 0.477 e. The molecule has 2 N–H and O–H groups in total. The van der Waals surface area contributed by atoms with Crippen molar-refractivity contribution in [2.75, 3.05) is 0 Å². The Morgan fingerprint density at radius 1 is 1.26 bits per heavy atom. The zero-order valence-electron chi connectivity index (χ0n) is 11.7. The fourth-order valence-corrected chi connectivity index (χ4v) is 3.62. The SMILES string of the molecule is O=C(O)c1cc2c(s1)CC=C(Cc1ccc(Cl)c(Cl)c1)NC2=O. The van der Waals surface area contributed by atoms with E-state index >= 15 is 0 Å². The first-order valence-electron chi connectivity index (χ1n) is 6.74. The van der Waals surface area contributed by atoms with Gasteiger partial charge < -0.3 is 10.4 Å². The smallest absolute Gasteiger partial charge is 0.345 e. The first kappa shape index (κ1) is 16.1. The molecule has 1 aliphatic rings. The van der Waals surface area contributed by atoms with Gasteiger partial charge in [-0.1, -0.05) is 35.3 Å². The molecule has 1 aromatic heterocycles. The van der Waals surface area contributed by atoms with E-state index < -0.39 is 5.97 Å². The summed E-state index contributed by atoms with van der Waals surface area (Å²) in [6.45, 7) is 0. The van der Waals surface area contributed by atoms with Crippen molar-refractivity contribution in [2.45, 2.75) is 12.8 Å². The van der Waals surface area contributed by atoms with Gasteiger partial charge >= 0.3 is 5.97 Å². The molecular weight excluding hydrogens is 357 g/mol. The van der Waals surface area contributed by atoms with Gasteiger partial charge in [-0.3, -0.25) is 4.79 Å². The lowest BCUT2D eigenvalue weighted by Gasteiger charge is -2.08. The van der Waals surface area contributed by atoms with E-state index in [9.17, 15) is 9.59 Å². The summed E-state index contributed by atoms with van der Waals surface area (Å²) in [5.74, 6) is -1.30. The first-order valence-corrected chi connectivity index (χ1v) is 8.31. The van der Waals surface area contributed by atoms with Crippen LogP contribution >= 0.6 is 34.5 Å². The van der Waals surface area contributed by atoms with Crippen LogP contribution < -0.4 is 5.32 Å². The monoisotopic (exact) mass is 367 g/mol. The molecule has 0 atom stereocenters. The second-order valence-electron chi connectivity index (χ2n) is 5.07. The summed E-state index contributed by atoms with van der Waals surface area (Å²) in [4.78, 5) is 24.2. The highest BCUT2D eigenvalue weighted by molar-refractivity contribution is 7.14. The molecular formula is C16H11Cl2NO3S. The number of halogens is 2. The minimum absolute atomic E-state index is 0.173. The number of hydrogen-bond acceptors (Lipinski definition) is 3. The number of aromatic carboxylic acids is 1. The molecule has 23 heavy (non-hydrogen) atoms. The van der Waals surface area contributed by atoms with Crippen LogP contribution in [-0.2, 0) is 12.8 Å². The number of carbonyl (C=O) groups is 2. The van der Waals surface area contributed by atoms with Crippen LogP contribution in [0.15, 0.2) is 36.0 Å². The van der Waals surface area contributed by atoms with E-state index in [1.165, 1.54) is 6.07 Å². The molecule has 3 rings (SSSR count). The van der Waals surface area contributed by atoms with Gasteiger partial charge in [0.1, 0.15) is 4.88 Å². The normalized spacial score (nSPS) is 13.8. The average molecular weight is 368 g/mol. The lowest BCUT2D eigenvalue weighted by Crippen LogP contribution is -2.22. The summed E-state index contributed by atoms with van der Waals surface area (Å²) >= 11 is 13.0. The number of rotatable bonds is 3. The molecule has 0 aliphatic carbocycles. The summed E-state index contributed by atoms with van der Waals surface area (Å²) in [7, 11) is 0. The van der Waals surface area contributed by atoms with Crippen LogP contribution in [0.25, 0.3) is 0 Å². The zero-order chi connectivity index (χ0) is 16.6. The number of allylic oxidation sites excluding steroid dienone is 2. The number of thiophene rings is 1. The average Bonchev–Trinajstić information content (AvgIpc) is 2.87. The number of benzene rings is 1. The summed E-state index contributed by atoms with van der Waals surface area (Å²) in [5, 5.41) is 12.8. The summed E-state index contributed by atoms with van der Waals surface area (Å²) in [5.41, 5.74) is 2.11. The number of nitrogens with one attached hydrogen (secondary N) is 1. The van der Waals surface area contributed by atoms with Crippen molar-refractivity contribution in [1.29, 1.82) is 0 Å². The molecule has 0 fully saturated rings. The molecule has 1 aromatic carbocycles. The van der Waals surface area contributed by atoms with Crippen molar-refractivity contribution < 1.29 is 14.7 Å². The lowest BCUT2D eigenvalue weighted by atomic mass is 10.1. The number of carboxylic acids is 1. The highest BCUT2D eigenvalue weighted by Gasteiger charge is 2.22. The lowest BCUT2D eigenvalue weighted by molar-refractivity contribution is 0.0702. The molecule has 0 saturated heterocycles. The molecule has 2 aromatic rings. The molecule has 0 saturated carbocycles. The second kappa shape index (κ2) is 6.35. The van der Waals surface area contributed by atoms with Crippen LogP contribution in [0.1, 0.15) is 30.5 Å². The third-order valence-electron chi connectivity index (χ3n) is 3.45. The molecule has 118 valence electrons. The van der Waals surface area contributed by atoms with Crippen LogP contribution in [0.2, 0.25) is 10.0 Å². The molecule has 0 bridgehead atoms. The minimum Gasteiger partial charge on any atom is -0.477 e. The zero-order valence-corrected chi connectivity index (χ0v) is 14.1. The molecule has 0 unspecified atom stereocenters. The third-order valence-corrected chi connectivity index (χ3v) is 5.34. The number of amides is 1. The number of carbonyl (C=O) groups excluding carboxylic acids is 1. The predicted octanol–water partition coefficient (Wildman–Crippen LogP) is 4.17. The van der Waals surface area contributed by atoms with E-state index in [2.05, 4.69) is 5.32 Å². The quantitative estimate of drug-likeness (QED) is 0.855. The second-order valence-corrected chi connectivity index (χ2v) is 7.02. The van der Waals surface area contributed by atoms with Gasteiger partial charge in [0.15, 0.2) is 0 Å². The fourth-order valence-electron chi connectivity index (χ4n) is 2.34. The van der Waals surface area contributed by atoms with E-state index in [1.807, 2.05) is 12.1 Å². The number of hydrogen-bond donors (Lipinski definition) is 2. The van der Waals surface area contributed by atoms with Gasteiger partial charge in [0.25, 0.3) is 5.91 Å². The summed E-state index contributed by atoms with van der Waals surface area (Å²) in [6.07, 6.45) is 2.93. The van der Waals surface area contributed by atoms with Gasteiger partial charge in [-0.05, 0) is 23.8 Å². The van der Waals surface area contributed by atoms with Gasteiger partial charge in [-0.2, -0.15) is 0 Å². The van der Waals surface area contributed by atoms with Crippen LogP contribution in [0.4, 0.5) is 0 Å². The van der Waals surface area contributed by atoms with Gasteiger partial charge in [-0.15, -0.1) is 11.3 Å². The Balaban J connectivity index is 1.83. The topological polar surface area (TPSA) is 66.4 Å². The van der Waals surface area contributed by atoms with E-state index in [-0.39, 0.29) is 10.8 Å². The minimum atomic E-state index is -1.02. The fraction of sp³-hybridized carbons (Fsp3) is 0.125. The summed E-state index contributed by atoms with van der Waals surface area (Å²) < 4.78 is 0. The molecule has 1 amide bonds. The number of carboxylic acid groups (broad SMARTS) is 1. The van der Waals surface area contributed by atoms with Crippen molar-refractivity contribution >= 4 is 46.4 Å². The maximum absolute atomic E-state index is 12.3. The highest BCUT2D eigenvalue weighted by Crippen LogP contribution is 2.27. The number of fused-ring (bicyclic) bond motifs is 1. The molecule has 0 spiro atoms. The Hall–Kier alpha value is -1.82. The van der Waals surface area contributed by atoms with Gasteiger partial charge in [0.05, 0.1) is 15.6 Å². The maximum atomic E-state index is 12.3. The highest BCUT2D eigenvalue weighted by atomic mass is 35.5. The van der Waals surface area contributed by atoms with E-state index in [0.717, 1.165) is 27.5 Å². The Labute approximate surface area is 146 Å². The molecule has 2 heterocycles. The van der Waals surface area contributed by atoms with E-state index in [0.29, 0.717) is 28.5 Å². The van der Waals surface area contributed by atoms with E-state index in [4.69, 9.17) is 28.3 Å². The van der Waals surface area contributed by atoms with Crippen molar-refractivity contribution in [3.63, 3.8) is 0 Å². The van der Waals surface area contributed by atoms with Gasteiger partial charge in [0, 0.05) is 23.4 Å². The van der Waals surface area contributed by atoms with Crippen molar-refractivity contribution in [1.82, 2.24) is 5.32 Å². The van der Waals surface area contributed by atoms with Crippen molar-refractivity contribution in [3.8, 4) is 0 Å². The van der Waals surface area contributed by atoms with Gasteiger partial charge in [0.2, 0.25) is 0 Å². The van der Waals surface area contributed by atoms with Gasteiger partial charge in [-0.25, -0.2) is 4.79 Å². The summed E-state index contributed by atoms with van der Waals surface area (Å²) in [6, 6.07) is 6.76. The third kappa shape index (κ3) is 3.42. The molecule has 4 nitrogen and oxygen atoms in total. The Bertz CT molecular complexity index is 842.